The summed E-state index contributed by atoms with van der Waals surface area (Å²) in [5.41, 5.74) is 2.13. The van der Waals surface area contributed by atoms with Crippen molar-refractivity contribution in [3.63, 3.8) is 0 Å². The lowest BCUT2D eigenvalue weighted by molar-refractivity contribution is -0.137. The smallest absolute Gasteiger partial charge is 0.355 e. The molecule has 2 nitrogen and oxygen atoms in total. The zero-order valence-electron chi connectivity index (χ0n) is 12.8. The minimum absolute atomic E-state index is 0.0915. The molecule has 2 aromatic carbocycles. The predicted molar refractivity (Wildman–Crippen MR) is 83.0 cm³/mol. The number of carbonyl (C=O) groups is 1. The van der Waals surface area contributed by atoms with Crippen LogP contribution in [0.4, 0.5) is 13.2 Å². The Bertz CT molecular complexity index is 663. The third-order valence-corrected chi connectivity index (χ3v) is 3.63. The van der Waals surface area contributed by atoms with E-state index in [0.717, 1.165) is 28.8 Å². The summed E-state index contributed by atoms with van der Waals surface area (Å²) in [5, 5.41) is 2.79. The van der Waals surface area contributed by atoms with Crippen molar-refractivity contribution in [1.82, 2.24) is 5.32 Å². The van der Waals surface area contributed by atoms with Crippen LogP contribution >= 0.6 is 0 Å². The Kier molecular flexibility index (Phi) is 5.42. The lowest BCUT2D eigenvalue weighted by Crippen LogP contribution is -2.27. The molecule has 1 N–H and O–H groups in total. The maximum atomic E-state index is 12.5. The highest BCUT2D eigenvalue weighted by molar-refractivity contribution is 5.78. The van der Waals surface area contributed by atoms with E-state index in [0.29, 0.717) is 19.4 Å². The van der Waals surface area contributed by atoms with Crippen molar-refractivity contribution in [2.24, 2.45) is 0 Å². The van der Waals surface area contributed by atoms with Crippen LogP contribution in [0.1, 0.15) is 22.3 Å². The third kappa shape index (κ3) is 5.13. The molecule has 0 spiro atoms. The first kappa shape index (κ1) is 17.1. The van der Waals surface area contributed by atoms with E-state index in [1.807, 2.05) is 31.2 Å². The first-order valence-electron chi connectivity index (χ1n) is 7.33. The van der Waals surface area contributed by atoms with Crippen molar-refractivity contribution >= 4 is 5.91 Å². The average Bonchev–Trinajstić information content (AvgIpc) is 2.49. The van der Waals surface area contributed by atoms with Crippen LogP contribution in [0.25, 0.3) is 0 Å². The Hall–Kier alpha value is -2.30. The summed E-state index contributed by atoms with van der Waals surface area (Å²) in [6.07, 6.45) is -3.52. The molecule has 0 unspecified atom stereocenters. The van der Waals surface area contributed by atoms with E-state index in [1.54, 1.807) is 0 Å². The van der Waals surface area contributed by atoms with Crippen LogP contribution in [0, 0.1) is 6.92 Å². The highest BCUT2D eigenvalue weighted by atomic mass is 19.4. The molecule has 5 heteroatoms. The molecule has 0 saturated heterocycles. The topological polar surface area (TPSA) is 29.1 Å². The molecule has 0 atom stereocenters. The van der Waals surface area contributed by atoms with Crippen molar-refractivity contribution in [3.05, 3.63) is 70.8 Å². The van der Waals surface area contributed by atoms with Gasteiger partial charge in [0, 0.05) is 6.54 Å². The number of alkyl halides is 3. The summed E-state index contributed by atoms with van der Waals surface area (Å²) >= 11 is 0. The Balaban J connectivity index is 1.81. The monoisotopic (exact) mass is 321 g/mol. The second-order valence-electron chi connectivity index (χ2n) is 5.40. The van der Waals surface area contributed by atoms with Crippen molar-refractivity contribution in [3.8, 4) is 0 Å². The number of amides is 1. The predicted octanol–water partition coefficient (Wildman–Crippen LogP) is 3.92. The number of benzene rings is 2. The average molecular weight is 321 g/mol. The van der Waals surface area contributed by atoms with Crippen molar-refractivity contribution in [1.29, 1.82) is 0 Å². The van der Waals surface area contributed by atoms with Gasteiger partial charge in [-0.05, 0) is 42.2 Å². The fraction of sp³-hybridized carbons (Fsp3) is 0.278. The van der Waals surface area contributed by atoms with Crippen LogP contribution in [-0.4, -0.2) is 12.5 Å². The molecule has 0 radical (unpaired) electrons. The number of nitrogens with one attached hydrogen (secondary N) is 1. The lowest BCUT2D eigenvalue weighted by atomic mass is 10.1. The molecular formula is C18H18F3NO. The van der Waals surface area contributed by atoms with Crippen LogP contribution in [0.15, 0.2) is 48.5 Å². The van der Waals surface area contributed by atoms with Gasteiger partial charge in [0.2, 0.25) is 5.91 Å². The molecule has 0 saturated carbocycles. The fourth-order valence-electron chi connectivity index (χ4n) is 2.25. The van der Waals surface area contributed by atoms with Crippen molar-refractivity contribution in [2.45, 2.75) is 25.9 Å². The number of halogens is 3. The maximum absolute atomic E-state index is 12.5. The minimum atomic E-state index is -4.32. The molecule has 0 heterocycles. The number of aryl methyl sites for hydroxylation is 1. The second kappa shape index (κ2) is 7.31. The van der Waals surface area contributed by atoms with Crippen LogP contribution in [0.2, 0.25) is 0 Å². The highest BCUT2D eigenvalue weighted by Crippen LogP contribution is 2.29. The van der Waals surface area contributed by atoms with Gasteiger partial charge in [0.15, 0.2) is 0 Å². The van der Waals surface area contributed by atoms with Gasteiger partial charge in [0.25, 0.3) is 0 Å². The van der Waals surface area contributed by atoms with Gasteiger partial charge in [0.1, 0.15) is 0 Å². The Morgan fingerprint density at radius 2 is 1.70 bits per heavy atom. The van der Waals surface area contributed by atoms with Gasteiger partial charge in [0.05, 0.1) is 12.0 Å². The Morgan fingerprint density at radius 3 is 2.30 bits per heavy atom. The quantitative estimate of drug-likeness (QED) is 0.889. The first-order valence-corrected chi connectivity index (χ1v) is 7.33. The van der Waals surface area contributed by atoms with Crippen molar-refractivity contribution < 1.29 is 18.0 Å². The summed E-state index contributed by atoms with van der Waals surface area (Å²) in [4.78, 5) is 11.9. The van der Waals surface area contributed by atoms with Crippen LogP contribution in [-0.2, 0) is 23.8 Å². The molecule has 0 bridgehead atoms. The van der Waals surface area contributed by atoms with Gasteiger partial charge in [-0.1, -0.05) is 36.4 Å². The first-order chi connectivity index (χ1) is 10.9. The number of carbonyl (C=O) groups excluding carboxylic acids is 1. The van der Waals surface area contributed by atoms with E-state index in [-0.39, 0.29) is 5.91 Å². The fourth-order valence-corrected chi connectivity index (χ4v) is 2.25. The molecule has 2 aromatic rings. The van der Waals surface area contributed by atoms with Gasteiger partial charge in [-0.2, -0.15) is 13.2 Å². The van der Waals surface area contributed by atoms with E-state index < -0.39 is 11.7 Å². The van der Waals surface area contributed by atoms with Gasteiger partial charge in [-0.15, -0.1) is 0 Å². The Morgan fingerprint density at radius 1 is 1.04 bits per heavy atom. The van der Waals surface area contributed by atoms with E-state index in [9.17, 15) is 18.0 Å². The number of rotatable bonds is 5. The molecule has 23 heavy (non-hydrogen) atoms. The third-order valence-electron chi connectivity index (χ3n) is 3.63. The zero-order valence-corrected chi connectivity index (χ0v) is 12.8. The van der Waals surface area contributed by atoms with Gasteiger partial charge >= 0.3 is 6.18 Å². The standard InChI is InChI=1S/C18H18F3NO/c1-13-4-2-3-5-15(13)12-17(23)22-11-10-14-6-8-16(9-7-14)18(19,20)21/h2-9H,10-12H2,1H3,(H,22,23). The van der Waals surface area contributed by atoms with E-state index in [1.165, 1.54) is 12.1 Å². The molecule has 0 aliphatic carbocycles. The number of hydrogen-bond acceptors (Lipinski definition) is 1. The van der Waals surface area contributed by atoms with E-state index >= 15 is 0 Å². The normalized spacial score (nSPS) is 11.3. The second-order valence-corrected chi connectivity index (χ2v) is 5.40. The molecule has 122 valence electrons. The summed E-state index contributed by atoms with van der Waals surface area (Å²) in [5.74, 6) is -0.0915. The van der Waals surface area contributed by atoms with Crippen LogP contribution < -0.4 is 5.32 Å². The molecule has 2 rings (SSSR count). The van der Waals surface area contributed by atoms with Gasteiger partial charge < -0.3 is 5.32 Å². The summed E-state index contributed by atoms with van der Waals surface area (Å²) in [6.45, 7) is 2.35. The molecule has 0 aromatic heterocycles. The molecule has 0 aliphatic rings. The summed E-state index contributed by atoms with van der Waals surface area (Å²) in [7, 11) is 0. The van der Waals surface area contributed by atoms with E-state index in [2.05, 4.69) is 5.32 Å². The molecule has 0 fully saturated rings. The van der Waals surface area contributed by atoms with Crippen LogP contribution in [0.5, 0.6) is 0 Å². The molecular weight excluding hydrogens is 303 g/mol. The van der Waals surface area contributed by atoms with E-state index in [4.69, 9.17) is 0 Å². The molecule has 0 aliphatic heterocycles. The highest BCUT2D eigenvalue weighted by Gasteiger charge is 2.29. The number of hydrogen-bond donors (Lipinski definition) is 1. The molecule has 1 amide bonds. The van der Waals surface area contributed by atoms with Crippen molar-refractivity contribution in [2.75, 3.05) is 6.54 Å². The van der Waals surface area contributed by atoms with Gasteiger partial charge in [-0.25, -0.2) is 0 Å². The maximum Gasteiger partial charge on any atom is 0.416 e. The minimum Gasteiger partial charge on any atom is -0.355 e. The SMILES string of the molecule is Cc1ccccc1CC(=O)NCCc1ccc(C(F)(F)F)cc1. The zero-order chi connectivity index (χ0) is 16.9. The van der Waals surface area contributed by atoms with Crippen LogP contribution in [0.3, 0.4) is 0 Å². The largest absolute Gasteiger partial charge is 0.416 e. The summed E-state index contributed by atoms with van der Waals surface area (Å²) in [6, 6.07) is 12.7. The summed E-state index contributed by atoms with van der Waals surface area (Å²) < 4.78 is 37.4. The van der Waals surface area contributed by atoms with Gasteiger partial charge in [-0.3, -0.25) is 4.79 Å². The Labute approximate surface area is 133 Å². The lowest BCUT2D eigenvalue weighted by Gasteiger charge is -2.09.